The second-order valence-corrected chi connectivity index (χ2v) is 5.56. The van der Waals surface area contributed by atoms with Crippen LogP contribution < -0.4 is 5.73 Å². The summed E-state index contributed by atoms with van der Waals surface area (Å²) in [7, 11) is 0. The van der Waals surface area contributed by atoms with Crippen molar-refractivity contribution in [3.05, 3.63) is 39.3 Å². The van der Waals surface area contributed by atoms with Crippen LogP contribution >= 0.6 is 27.3 Å². The number of nitrogens with zero attached hydrogens (tertiary/aromatic N) is 1. The van der Waals surface area contributed by atoms with Crippen LogP contribution in [0.4, 0.5) is 0 Å². The summed E-state index contributed by atoms with van der Waals surface area (Å²) in [5, 5.41) is 3.03. The van der Waals surface area contributed by atoms with Gasteiger partial charge in [0.25, 0.3) is 0 Å². The Labute approximate surface area is 108 Å². The van der Waals surface area contributed by atoms with Gasteiger partial charge in [-0.05, 0) is 25.5 Å². The molecule has 1 unspecified atom stereocenters. The van der Waals surface area contributed by atoms with E-state index < -0.39 is 0 Å². The van der Waals surface area contributed by atoms with Crippen LogP contribution in [0.25, 0.3) is 10.6 Å². The maximum atomic E-state index is 5.80. The quantitative estimate of drug-likeness (QED) is 0.913. The number of hydrogen-bond donors (Lipinski definition) is 1. The zero-order valence-corrected chi connectivity index (χ0v) is 11.6. The number of aromatic nitrogens is 1. The second-order valence-electron chi connectivity index (χ2n) is 3.85. The molecule has 1 aromatic heterocycles. The summed E-state index contributed by atoms with van der Waals surface area (Å²) in [6.07, 6.45) is 0. The van der Waals surface area contributed by atoms with Crippen LogP contribution in [0, 0.1) is 6.92 Å². The van der Waals surface area contributed by atoms with Crippen LogP contribution in [0.5, 0.6) is 0 Å². The van der Waals surface area contributed by atoms with Crippen LogP contribution in [0.15, 0.2) is 28.1 Å². The van der Waals surface area contributed by atoms with Gasteiger partial charge in [-0.25, -0.2) is 4.98 Å². The summed E-state index contributed by atoms with van der Waals surface area (Å²) in [6.45, 7) is 4.02. The SMILES string of the molecule is Cc1ccc(-c2nc(C(C)N)cs2)c(Br)c1. The first kappa shape index (κ1) is 11.8. The third-order valence-electron chi connectivity index (χ3n) is 2.34. The van der Waals surface area contributed by atoms with E-state index in [1.165, 1.54) is 5.56 Å². The Kier molecular flexibility index (Phi) is 3.42. The van der Waals surface area contributed by atoms with E-state index in [1.807, 2.05) is 12.3 Å². The summed E-state index contributed by atoms with van der Waals surface area (Å²) >= 11 is 5.20. The Bertz CT molecular complexity index is 505. The third-order valence-corrected chi connectivity index (χ3v) is 3.89. The molecule has 2 aromatic rings. The number of rotatable bonds is 2. The molecule has 2 nitrogen and oxygen atoms in total. The summed E-state index contributed by atoms with van der Waals surface area (Å²) in [4.78, 5) is 4.53. The normalized spacial score (nSPS) is 12.8. The molecular weight excluding hydrogens is 284 g/mol. The van der Waals surface area contributed by atoms with Gasteiger partial charge in [-0.1, -0.05) is 28.1 Å². The van der Waals surface area contributed by atoms with E-state index in [1.54, 1.807) is 11.3 Å². The maximum absolute atomic E-state index is 5.80. The fourth-order valence-electron chi connectivity index (χ4n) is 1.41. The van der Waals surface area contributed by atoms with Crippen LogP contribution in [-0.2, 0) is 0 Å². The minimum absolute atomic E-state index is 0.00535. The highest BCUT2D eigenvalue weighted by molar-refractivity contribution is 9.10. The van der Waals surface area contributed by atoms with Crippen molar-refractivity contribution in [2.24, 2.45) is 5.73 Å². The van der Waals surface area contributed by atoms with Crippen LogP contribution in [-0.4, -0.2) is 4.98 Å². The van der Waals surface area contributed by atoms with E-state index in [2.05, 4.69) is 46.0 Å². The molecule has 0 aliphatic carbocycles. The topological polar surface area (TPSA) is 38.9 Å². The molecule has 0 aliphatic rings. The fraction of sp³-hybridized carbons (Fsp3) is 0.250. The molecule has 2 rings (SSSR count). The van der Waals surface area contributed by atoms with Crippen molar-refractivity contribution >= 4 is 27.3 Å². The van der Waals surface area contributed by atoms with Gasteiger partial charge in [0, 0.05) is 21.5 Å². The maximum Gasteiger partial charge on any atom is 0.124 e. The molecule has 0 fully saturated rings. The van der Waals surface area contributed by atoms with E-state index in [-0.39, 0.29) is 6.04 Å². The average molecular weight is 297 g/mol. The van der Waals surface area contributed by atoms with Gasteiger partial charge in [-0.2, -0.15) is 0 Å². The molecule has 0 bridgehead atoms. The first-order valence-electron chi connectivity index (χ1n) is 5.05. The molecule has 0 amide bonds. The van der Waals surface area contributed by atoms with Crippen molar-refractivity contribution < 1.29 is 0 Å². The van der Waals surface area contributed by atoms with Crippen LogP contribution in [0.3, 0.4) is 0 Å². The number of nitrogens with two attached hydrogens (primary N) is 1. The van der Waals surface area contributed by atoms with Crippen molar-refractivity contribution in [2.75, 3.05) is 0 Å². The zero-order chi connectivity index (χ0) is 11.7. The molecule has 0 aliphatic heterocycles. The Morgan fingerprint density at radius 3 is 2.75 bits per heavy atom. The molecule has 0 spiro atoms. The van der Waals surface area contributed by atoms with Gasteiger partial charge in [0.15, 0.2) is 0 Å². The predicted octanol–water partition coefficient (Wildman–Crippen LogP) is 3.90. The van der Waals surface area contributed by atoms with Crippen LogP contribution in [0.1, 0.15) is 24.2 Å². The number of halogens is 1. The van der Waals surface area contributed by atoms with E-state index in [0.717, 1.165) is 20.7 Å². The number of thiazole rings is 1. The van der Waals surface area contributed by atoms with Gasteiger partial charge in [0.2, 0.25) is 0 Å². The second kappa shape index (κ2) is 4.65. The Morgan fingerprint density at radius 1 is 1.44 bits per heavy atom. The summed E-state index contributed by atoms with van der Waals surface area (Å²) in [5.41, 5.74) is 9.11. The lowest BCUT2D eigenvalue weighted by Crippen LogP contribution is -2.04. The molecular formula is C12H13BrN2S. The van der Waals surface area contributed by atoms with Gasteiger partial charge in [-0.3, -0.25) is 0 Å². The number of hydrogen-bond acceptors (Lipinski definition) is 3. The Balaban J connectivity index is 2.42. The zero-order valence-electron chi connectivity index (χ0n) is 9.20. The highest BCUT2D eigenvalue weighted by Gasteiger charge is 2.10. The number of aryl methyl sites for hydroxylation is 1. The van der Waals surface area contributed by atoms with Gasteiger partial charge < -0.3 is 5.73 Å². The molecule has 1 aromatic carbocycles. The van der Waals surface area contributed by atoms with Crippen molar-refractivity contribution in [1.29, 1.82) is 0 Å². The van der Waals surface area contributed by atoms with E-state index in [0.29, 0.717) is 0 Å². The summed E-state index contributed by atoms with van der Waals surface area (Å²) in [6, 6.07) is 6.27. The van der Waals surface area contributed by atoms with Crippen molar-refractivity contribution in [3.63, 3.8) is 0 Å². The highest BCUT2D eigenvalue weighted by Crippen LogP contribution is 2.32. The van der Waals surface area contributed by atoms with Gasteiger partial charge >= 0.3 is 0 Å². The predicted molar refractivity (Wildman–Crippen MR) is 72.6 cm³/mol. The lowest BCUT2D eigenvalue weighted by atomic mass is 10.1. The molecule has 0 radical (unpaired) electrons. The van der Waals surface area contributed by atoms with Crippen molar-refractivity contribution in [3.8, 4) is 10.6 Å². The molecule has 2 N–H and O–H groups in total. The first-order valence-corrected chi connectivity index (χ1v) is 6.72. The lowest BCUT2D eigenvalue weighted by molar-refractivity contribution is 0.790. The van der Waals surface area contributed by atoms with Crippen LogP contribution in [0.2, 0.25) is 0 Å². The molecule has 84 valence electrons. The third kappa shape index (κ3) is 2.34. The standard InChI is InChI=1S/C12H13BrN2S/c1-7-3-4-9(10(13)5-7)12-15-11(6-16-12)8(2)14/h3-6,8H,14H2,1-2H3. The molecule has 0 saturated heterocycles. The van der Waals surface area contributed by atoms with Gasteiger partial charge in [-0.15, -0.1) is 11.3 Å². The summed E-state index contributed by atoms with van der Waals surface area (Å²) in [5.74, 6) is 0. The van der Waals surface area contributed by atoms with Gasteiger partial charge in [0.05, 0.1) is 5.69 Å². The largest absolute Gasteiger partial charge is 0.323 e. The average Bonchev–Trinajstić information content (AvgIpc) is 2.66. The highest BCUT2D eigenvalue weighted by atomic mass is 79.9. The molecule has 1 atom stereocenters. The van der Waals surface area contributed by atoms with Crippen molar-refractivity contribution in [2.45, 2.75) is 19.9 Å². The first-order chi connectivity index (χ1) is 7.58. The minimum atomic E-state index is -0.00535. The molecule has 16 heavy (non-hydrogen) atoms. The lowest BCUT2D eigenvalue weighted by Gasteiger charge is -2.02. The molecule has 1 heterocycles. The monoisotopic (exact) mass is 296 g/mol. The Morgan fingerprint density at radius 2 is 2.19 bits per heavy atom. The smallest absolute Gasteiger partial charge is 0.124 e. The molecule has 4 heteroatoms. The minimum Gasteiger partial charge on any atom is -0.323 e. The Hall–Kier alpha value is -0.710. The van der Waals surface area contributed by atoms with E-state index in [9.17, 15) is 0 Å². The fourth-order valence-corrected chi connectivity index (χ4v) is 3.19. The van der Waals surface area contributed by atoms with Gasteiger partial charge in [0.1, 0.15) is 5.01 Å². The van der Waals surface area contributed by atoms with E-state index in [4.69, 9.17) is 5.73 Å². The number of benzene rings is 1. The van der Waals surface area contributed by atoms with Crippen molar-refractivity contribution in [1.82, 2.24) is 4.98 Å². The van der Waals surface area contributed by atoms with E-state index >= 15 is 0 Å². The summed E-state index contributed by atoms with van der Waals surface area (Å²) < 4.78 is 1.08. The molecule has 0 saturated carbocycles.